The lowest BCUT2D eigenvalue weighted by molar-refractivity contribution is -0.116. The van der Waals surface area contributed by atoms with Crippen LogP contribution in [0.2, 0.25) is 0 Å². The molecule has 0 unspecified atom stereocenters. The largest absolute Gasteiger partial charge is 0.326 e. The standard InChI is InChI=1S/C18H17NO2/c1-12-2-4-13(5-3-12)10-17(20)15-6-8-16-14(11-15)7-9-18(21)19-16/h2-6,8,11H,7,9-10H2,1H3,(H,19,21). The highest BCUT2D eigenvalue weighted by Crippen LogP contribution is 2.24. The first-order valence-corrected chi connectivity index (χ1v) is 7.13. The molecule has 0 aromatic heterocycles. The van der Waals surface area contributed by atoms with Gasteiger partial charge in [-0.1, -0.05) is 29.8 Å². The first-order valence-electron chi connectivity index (χ1n) is 7.13. The zero-order valence-electron chi connectivity index (χ0n) is 12.0. The van der Waals surface area contributed by atoms with Crippen LogP contribution in [0.25, 0.3) is 0 Å². The fraction of sp³-hybridized carbons (Fsp3) is 0.222. The molecule has 2 aromatic carbocycles. The van der Waals surface area contributed by atoms with Crippen LogP contribution in [0.15, 0.2) is 42.5 Å². The average Bonchev–Trinajstić information content (AvgIpc) is 2.49. The van der Waals surface area contributed by atoms with E-state index in [1.54, 1.807) is 6.07 Å². The quantitative estimate of drug-likeness (QED) is 0.876. The lowest BCUT2D eigenvalue weighted by Crippen LogP contribution is -2.19. The van der Waals surface area contributed by atoms with Gasteiger partial charge in [-0.3, -0.25) is 9.59 Å². The summed E-state index contributed by atoms with van der Waals surface area (Å²) in [5, 5.41) is 2.83. The van der Waals surface area contributed by atoms with Gasteiger partial charge in [0.2, 0.25) is 5.91 Å². The molecule has 0 atom stereocenters. The highest BCUT2D eigenvalue weighted by atomic mass is 16.1. The van der Waals surface area contributed by atoms with Gasteiger partial charge < -0.3 is 5.32 Å². The summed E-state index contributed by atoms with van der Waals surface area (Å²) in [6.45, 7) is 2.03. The third-order valence-corrected chi connectivity index (χ3v) is 3.81. The summed E-state index contributed by atoms with van der Waals surface area (Å²) < 4.78 is 0. The molecule has 0 saturated carbocycles. The Kier molecular flexibility index (Phi) is 3.57. The third kappa shape index (κ3) is 3.02. The Morgan fingerprint density at radius 2 is 1.86 bits per heavy atom. The Morgan fingerprint density at radius 3 is 2.62 bits per heavy atom. The second-order valence-electron chi connectivity index (χ2n) is 5.51. The van der Waals surface area contributed by atoms with Crippen molar-refractivity contribution >= 4 is 17.4 Å². The second kappa shape index (κ2) is 5.52. The van der Waals surface area contributed by atoms with Gasteiger partial charge in [0.15, 0.2) is 5.78 Å². The summed E-state index contributed by atoms with van der Waals surface area (Å²) in [5.41, 5.74) is 4.81. The van der Waals surface area contributed by atoms with Gasteiger partial charge >= 0.3 is 0 Å². The molecule has 2 aromatic rings. The van der Waals surface area contributed by atoms with E-state index in [-0.39, 0.29) is 11.7 Å². The summed E-state index contributed by atoms with van der Waals surface area (Å²) in [6, 6.07) is 13.6. The zero-order chi connectivity index (χ0) is 14.8. The predicted octanol–water partition coefficient (Wildman–Crippen LogP) is 3.31. The molecule has 1 aliphatic rings. The summed E-state index contributed by atoms with van der Waals surface area (Å²) in [4.78, 5) is 23.7. The van der Waals surface area contributed by atoms with Crippen molar-refractivity contribution in [3.8, 4) is 0 Å². The van der Waals surface area contributed by atoms with E-state index in [0.717, 1.165) is 16.8 Å². The number of Topliss-reactive ketones (excluding diaryl/α,β-unsaturated/α-hetero) is 1. The van der Waals surface area contributed by atoms with Crippen molar-refractivity contribution in [3.05, 3.63) is 64.7 Å². The molecule has 0 bridgehead atoms. The van der Waals surface area contributed by atoms with Gasteiger partial charge in [-0.15, -0.1) is 0 Å². The van der Waals surface area contributed by atoms with Crippen molar-refractivity contribution in [3.63, 3.8) is 0 Å². The van der Waals surface area contributed by atoms with Crippen LogP contribution in [-0.2, 0) is 17.6 Å². The third-order valence-electron chi connectivity index (χ3n) is 3.81. The molecular weight excluding hydrogens is 262 g/mol. The van der Waals surface area contributed by atoms with Crippen LogP contribution < -0.4 is 5.32 Å². The monoisotopic (exact) mass is 279 g/mol. The number of hydrogen-bond acceptors (Lipinski definition) is 2. The molecule has 0 radical (unpaired) electrons. The smallest absolute Gasteiger partial charge is 0.224 e. The normalized spacial score (nSPS) is 13.5. The lowest BCUT2D eigenvalue weighted by Gasteiger charge is -2.17. The van der Waals surface area contributed by atoms with Crippen LogP contribution in [0.4, 0.5) is 5.69 Å². The fourth-order valence-corrected chi connectivity index (χ4v) is 2.55. The molecule has 1 N–H and O–H groups in total. The molecule has 3 heteroatoms. The molecule has 106 valence electrons. The minimum atomic E-state index is 0.0428. The highest BCUT2D eigenvalue weighted by Gasteiger charge is 2.16. The van der Waals surface area contributed by atoms with Gasteiger partial charge in [0.25, 0.3) is 0 Å². The molecule has 0 spiro atoms. The molecule has 0 aliphatic carbocycles. The molecule has 3 rings (SSSR count). The molecule has 0 saturated heterocycles. The SMILES string of the molecule is Cc1ccc(CC(=O)c2ccc3c(c2)CCC(=O)N3)cc1. The van der Waals surface area contributed by atoms with E-state index < -0.39 is 0 Å². The number of carbonyl (C=O) groups excluding carboxylic acids is 2. The summed E-state index contributed by atoms with van der Waals surface area (Å²) >= 11 is 0. The minimum absolute atomic E-state index is 0.0428. The molecule has 0 fully saturated rings. The highest BCUT2D eigenvalue weighted by molar-refractivity contribution is 5.99. The molecule has 3 nitrogen and oxygen atoms in total. The van der Waals surface area contributed by atoms with Gasteiger partial charge in [-0.05, 0) is 42.7 Å². The van der Waals surface area contributed by atoms with Gasteiger partial charge in [0.05, 0.1) is 0 Å². The van der Waals surface area contributed by atoms with Crippen molar-refractivity contribution in [1.82, 2.24) is 0 Å². The van der Waals surface area contributed by atoms with E-state index in [1.165, 1.54) is 5.56 Å². The first kappa shape index (κ1) is 13.6. The minimum Gasteiger partial charge on any atom is -0.326 e. The maximum Gasteiger partial charge on any atom is 0.224 e. The maximum absolute atomic E-state index is 12.4. The van der Waals surface area contributed by atoms with Crippen LogP contribution in [0, 0.1) is 6.92 Å². The summed E-state index contributed by atoms with van der Waals surface area (Å²) in [5.74, 6) is 0.153. The lowest BCUT2D eigenvalue weighted by atomic mass is 9.96. The van der Waals surface area contributed by atoms with E-state index in [4.69, 9.17) is 0 Å². The molecular formula is C18H17NO2. The van der Waals surface area contributed by atoms with Crippen LogP contribution in [-0.4, -0.2) is 11.7 Å². The molecule has 1 amide bonds. The second-order valence-corrected chi connectivity index (χ2v) is 5.51. The number of carbonyl (C=O) groups is 2. The van der Waals surface area contributed by atoms with Gasteiger partial charge in [0.1, 0.15) is 0 Å². The predicted molar refractivity (Wildman–Crippen MR) is 82.6 cm³/mol. The number of amides is 1. The Balaban J connectivity index is 1.79. The molecule has 21 heavy (non-hydrogen) atoms. The molecule has 1 heterocycles. The van der Waals surface area contributed by atoms with Crippen LogP contribution in [0.1, 0.15) is 33.5 Å². The van der Waals surface area contributed by atoms with Crippen molar-refractivity contribution in [2.45, 2.75) is 26.2 Å². The number of fused-ring (bicyclic) bond motifs is 1. The van der Waals surface area contributed by atoms with Crippen molar-refractivity contribution < 1.29 is 9.59 Å². The maximum atomic E-state index is 12.4. The van der Waals surface area contributed by atoms with Crippen LogP contribution in [0.5, 0.6) is 0 Å². The van der Waals surface area contributed by atoms with Gasteiger partial charge in [0, 0.05) is 24.1 Å². The Labute approximate surface area is 124 Å². The summed E-state index contributed by atoms with van der Waals surface area (Å²) in [7, 11) is 0. The average molecular weight is 279 g/mol. The number of nitrogens with one attached hydrogen (secondary N) is 1. The zero-order valence-corrected chi connectivity index (χ0v) is 12.0. The topological polar surface area (TPSA) is 46.2 Å². The van der Waals surface area contributed by atoms with E-state index in [0.29, 0.717) is 24.8 Å². The van der Waals surface area contributed by atoms with Crippen LogP contribution >= 0.6 is 0 Å². The van der Waals surface area contributed by atoms with Crippen molar-refractivity contribution in [2.75, 3.05) is 5.32 Å². The van der Waals surface area contributed by atoms with Gasteiger partial charge in [-0.25, -0.2) is 0 Å². The van der Waals surface area contributed by atoms with Crippen LogP contribution in [0.3, 0.4) is 0 Å². The Hall–Kier alpha value is -2.42. The number of hydrogen-bond donors (Lipinski definition) is 1. The number of benzene rings is 2. The van der Waals surface area contributed by atoms with Gasteiger partial charge in [-0.2, -0.15) is 0 Å². The van der Waals surface area contributed by atoms with Crippen molar-refractivity contribution in [1.29, 1.82) is 0 Å². The number of rotatable bonds is 3. The van der Waals surface area contributed by atoms with Crippen molar-refractivity contribution in [2.24, 2.45) is 0 Å². The summed E-state index contributed by atoms with van der Waals surface area (Å²) in [6.07, 6.45) is 1.60. The Bertz CT molecular complexity index is 702. The Morgan fingerprint density at radius 1 is 1.10 bits per heavy atom. The molecule has 1 aliphatic heterocycles. The number of aryl methyl sites for hydroxylation is 2. The van der Waals surface area contributed by atoms with E-state index in [9.17, 15) is 9.59 Å². The number of anilines is 1. The van der Waals surface area contributed by atoms with E-state index in [1.807, 2.05) is 43.3 Å². The first-order chi connectivity index (χ1) is 10.1. The number of ketones is 1. The van der Waals surface area contributed by atoms with E-state index >= 15 is 0 Å². The fourth-order valence-electron chi connectivity index (χ4n) is 2.55. The van der Waals surface area contributed by atoms with E-state index in [2.05, 4.69) is 5.32 Å².